The zero-order chi connectivity index (χ0) is 14.4. The third-order valence-corrected chi connectivity index (χ3v) is 4.12. The fourth-order valence-electron chi connectivity index (χ4n) is 2.78. The number of hydrogen-bond donors (Lipinski definition) is 2. The second kappa shape index (κ2) is 7.41. The van der Waals surface area contributed by atoms with Crippen LogP contribution in [0.25, 0.3) is 0 Å². The van der Waals surface area contributed by atoms with Crippen LogP contribution in [-0.4, -0.2) is 42.2 Å². The molecule has 20 heavy (non-hydrogen) atoms. The maximum absolute atomic E-state index is 10.8. The Kier molecular flexibility index (Phi) is 5.56. The van der Waals surface area contributed by atoms with Gasteiger partial charge in [-0.2, -0.15) is 0 Å². The van der Waals surface area contributed by atoms with Crippen molar-refractivity contribution in [2.75, 3.05) is 20.1 Å². The van der Waals surface area contributed by atoms with Crippen molar-refractivity contribution in [3.8, 4) is 0 Å². The van der Waals surface area contributed by atoms with Crippen LogP contribution >= 0.6 is 0 Å². The number of hydrogen-bond acceptors (Lipinski definition) is 3. The highest BCUT2D eigenvalue weighted by Gasteiger charge is 2.18. The molecule has 0 heterocycles. The summed E-state index contributed by atoms with van der Waals surface area (Å²) in [5.41, 5.74) is 1.47. The molecule has 0 spiro atoms. The molecule has 0 aromatic heterocycles. The Bertz CT molecular complexity index is 425. The van der Waals surface area contributed by atoms with Gasteiger partial charge in [0.05, 0.1) is 5.56 Å². The van der Waals surface area contributed by atoms with Crippen molar-refractivity contribution in [3.05, 3.63) is 35.4 Å². The van der Waals surface area contributed by atoms with E-state index in [1.807, 2.05) is 12.1 Å². The minimum Gasteiger partial charge on any atom is -0.478 e. The third kappa shape index (κ3) is 4.32. The van der Waals surface area contributed by atoms with Gasteiger partial charge in [0, 0.05) is 25.7 Å². The first kappa shape index (κ1) is 15.0. The quantitative estimate of drug-likeness (QED) is 0.751. The molecule has 0 amide bonds. The van der Waals surface area contributed by atoms with Crippen LogP contribution in [0.5, 0.6) is 0 Å². The molecule has 0 saturated heterocycles. The smallest absolute Gasteiger partial charge is 0.335 e. The average molecular weight is 276 g/mol. The zero-order valence-corrected chi connectivity index (χ0v) is 12.1. The summed E-state index contributed by atoms with van der Waals surface area (Å²) < 4.78 is 0. The van der Waals surface area contributed by atoms with Crippen molar-refractivity contribution in [2.24, 2.45) is 0 Å². The van der Waals surface area contributed by atoms with Crippen molar-refractivity contribution in [1.29, 1.82) is 0 Å². The van der Waals surface area contributed by atoms with Crippen LogP contribution in [0, 0.1) is 0 Å². The van der Waals surface area contributed by atoms with Crippen LogP contribution in [0.3, 0.4) is 0 Å². The van der Waals surface area contributed by atoms with Crippen molar-refractivity contribution in [1.82, 2.24) is 10.2 Å². The summed E-state index contributed by atoms with van der Waals surface area (Å²) in [6.45, 7) is 2.82. The van der Waals surface area contributed by atoms with E-state index in [1.165, 1.54) is 25.7 Å². The first-order valence-corrected chi connectivity index (χ1v) is 7.40. The van der Waals surface area contributed by atoms with E-state index in [4.69, 9.17) is 5.11 Å². The van der Waals surface area contributed by atoms with Gasteiger partial charge in [0.15, 0.2) is 0 Å². The van der Waals surface area contributed by atoms with Gasteiger partial charge < -0.3 is 15.3 Å². The van der Waals surface area contributed by atoms with E-state index in [-0.39, 0.29) is 0 Å². The summed E-state index contributed by atoms with van der Waals surface area (Å²) in [4.78, 5) is 13.2. The van der Waals surface area contributed by atoms with Gasteiger partial charge in [-0.1, -0.05) is 25.0 Å². The maximum atomic E-state index is 10.8. The first-order chi connectivity index (χ1) is 9.66. The standard InChI is InChI=1S/C16H24N2O2/c1-18(15-4-2-3-5-15)11-10-17-12-13-6-8-14(9-7-13)16(19)20/h6-9,15,17H,2-5,10-12H2,1H3,(H,19,20). The molecule has 2 N–H and O–H groups in total. The van der Waals surface area contributed by atoms with Crippen LogP contribution in [0.2, 0.25) is 0 Å². The number of likely N-dealkylation sites (N-methyl/N-ethyl adjacent to an activating group) is 1. The summed E-state index contributed by atoms with van der Waals surface area (Å²) in [6, 6.07) is 7.83. The van der Waals surface area contributed by atoms with Gasteiger partial charge >= 0.3 is 5.97 Å². The van der Waals surface area contributed by atoms with Gasteiger partial charge in [-0.05, 0) is 37.6 Å². The van der Waals surface area contributed by atoms with Crippen LogP contribution in [0.15, 0.2) is 24.3 Å². The predicted octanol–water partition coefficient (Wildman–Crippen LogP) is 2.35. The molecule has 4 nitrogen and oxygen atoms in total. The van der Waals surface area contributed by atoms with Gasteiger partial charge in [0.2, 0.25) is 0 Å². The van der Waals surface area contributed by atoms with E-state index in [0.717, 1.165) is 31.2 Å². The Balaban J connectivity index is 1.66. The van der Waals surface area contributed by atoms with Crippen LogP contribution in [0.4, 0.5) is 0 Å². The van der Waals surface area contributed by atoms with Gasteiger partial charge in [0.1, 0.15) is 0 Å². The summed E-state index contributed by atoms with van der Waals surface area (Å²) in [7, 11) is 2.21. The minimum absolute atomic E-state index is 0.342. The fraction of sp³-hybridized carbons (Fsp3) is 0.562. The van der Waals surface area contributed by atoms with Crippen molar-refractivity contribution in [3.63, 3.8) is 0 Å². The highest BCUT2D eigenvalue weighted by Crippen LogP contribution is 2.21. The third-order valence-electron chi connectivity index (χ3n) is 4.12. The van der Waals surface area contributed by atoms with Crippen molar-refractivity contribution in [2.45, 2.75) is 38.3 Å². The van der Waals surface area contributed by atoms with Crippen LogP contribution in [-0.2, 0) is 6.54 Å². The van der Waals surface area contributed by atoms with E-state index in [0.29, 0.717) is 5.56 Å². The molecular formula is C16H24N2O2. The molecular weight excluding hydrogens is 252 g/mol. The molecule has 0 atom stereocenters. The highest BCUT2D eigenvalue weighted by atomic mass is 16.4. The second-order valence-electron chi connectivity index (χ2n) is 5.60. The summed E-state index contributed by atoms with van der Waals surface area (Å²) in [5, 5.41) is 12.2. The number of nitrogens with one attached hydrogen (secondary N) is 1. The molecule has 0 radical (unpaired) electrons. The lowest BCUT2D eigenvalue weighted by atomic mass is 10.1. The Morgan fingerprint density at radius 3 is 2.55 bits per heavy atom. The lowest BCUT2D eigenvalue weighted by Crippen LogP contribution is -2.35. The lowest BCUT2D eigenvalue weighted by molar-refractivity contribution is 0.0697. The molecule has 2 rings (SSSR count). The van der Waals surface area contributed by atoms with Crippen LogP contribution < -0.4 is 5.32 Å². The fourth-order valence-corrected chi connectivity index (χ4v) is 2.78. The van der Waals surface area contributed by atoms with Crippen molar-refractivity contribution >= 4 is 5.97 Å². The summed E-state index contributed by atoms with van der Waals surface area (Å²) in [5.74, 6) is -0.873. The van der Waals surface area contributed by atoms with E-state index in [9.17, 15) is 4.79 Å². The van der Waals surface area contributed by atoms with Crippen LogP contribution in [0.1, 0.15) is 41.6 Å². The molecule has 1 aromatic carbocycles. The number of nitrogens with zero attached hydrogens (tertiary/aromatic N) is 1. The Labute approximate surface area is 120 Å². The van der Waals surface area contributed by atoms with E-state index in [1.54, 1.807) is 12.1 Å². The molecule has 110 valence electrons. The molecule has 1 saturated carbocycles. The van der Waals surface area contributed by atoms with E-state index < -0.39 is 5.97 Å². The molecule has 1 aliphatic rings. The molecule has 0 aliphatic heterocycles. The lowest BCUT2D eigenvalue weighted by Gasteiger charge is -2.23. The molecule has 1 fully saturated rings. The molecule has 0 unspecified atom stereocenters. The number of benzene rings is 1. The number of rotatable bonds is 7. The number of aromatic carboxylic acids is 1. The SMILES string of the molecule is CN(CCNCc1ccc(C(=O)O)cc1)C1CCCC1. The van der Waals surface area contributed by atoms with Crippen molar-refractivity contribution < 1.29 is 9.90 Å². The second-order valence-corrected chi connectivity index (χ2v) is 5.60. The van der Waals surface area contributed by atoms with E-state index in [2.05, 4.69) is 17.3 Å². The molecule has 1 aromatic rings. The maximum Gasteiger partial charge on any atom is 0.335 e. The minimum atomic E-state index is -0.873. The predicted molar refractivity (Wildman–Crippen MR) is 80.0 cm³/mol. The van der Waals surface area contributed by atoms with Gasteiger partial charge in [0.25, 0.3) is 0 Å². The zero-order valence-electron chi connectivity index (χ0n) is 12.1. The summed E-state index contributed by atoms with van der Waals surface area (Å²) >= 11 is 0. The molecule has 0 bridgehead atoms. The van der Waals surface area contributed by atoms with Gasteiger partial charge in [-0.15, -0.1) is 0 Å². The number of carbonyl (C=O) groups is 1. The first-order valence-electron chi connectivity index (χ1n) is 7.40. The average Bonchev–Trinajstić information content (AvgIpc) is 2.98. The number of carboxylic acid groups (broad SMARTS) is 1. The van der Waals surface area contributed by atoms with Gasteiger partial charge in [-0.25, -0.2) is 4.79 Å². The normalized spacial score (nSPS) is 15.9. The van der Waals surface area contributed by atoms with Gasteiger partial charge in [-0.3, -0.25) is 0 Å². The monoisotopic (exact) mass is 276 g/mol. The number of carboxylic acids is 1. The Morgan fingerprint density at radius 1 is 1.30 bits per heavy atom. The van der Waals surface area contributed by atoms with E-state index >= 15 is 0 Å². The molecule has 4 heteroatoms. The highest BCUT2D eigenvalue weighted by molar-refractivity contribution is 5.87. The topological polar surface area (TPSA) is 52.6 Å². The Morgan fingerprint density at radius 2 is 1.95 bits per heavy atom. The molecule has 1 aliphatic carbocycles. The Hall–Kier alpha value is -1.39. The summed E-state index contributed by atoms with van der Waals surface area (Å²) in [6.07, 6.45) is 5.43. The largest absolute Gasteiger partial charge is 0.478 e.